The van der Waals surface area contributed by atoms with Gasteiger partial charge >= 0.3 is 0 Å². The van der Waals surface area contributed by atoms with E-state index < -0.39 is 0 Å². The van der Waals surface area contributed by atoms with Crippen LogP contribution in [-0.2, 0) is 16.0 Å². The van der Waals surface area contributed by atoms with Crippen LogP contribution < -0.4 is 0 Å². The molecule has 0 atom stereocenters. The number of amides is 1. The van der Waals surface area contributed by atoms with E-state index in [1.807, 2.05) is 9.47 Å². The van der Waals surface area contributed by atoms with E-state index in [0.717, 1.165) is 54.5 Å². The van der Waals surface area contributed by atoms with Gasteiger partial charge in [-0.1, -0.05) is 19.9 Å². The van der Waals surface area contributed by atoms with E-state index in [-0.39, 0.29) is 23.4 Å². The van der Waals surface area contributed by atoms with Crippen molar-refractivity contribution in [2.75, 3.05) is 26.2 Å². The zero-order valence-electron chi connectivity index (χ0n) is 19.4. The first-order valence-corrected chi connectivity index (χ1v) is 11.5. The molecule has 3 heterocycles. The highest BCUT2D eigenvalue weighted by Gasteiger charge is 2.39. The van der Waals surface area contributed by atoms with Crippen LogP contribution in [0.5, 0.6) is 5.88 Å². The monoisotopic (exact) mass is 425 g/mol. The second-order valence-corrected chi connectivity index (χ2v) is 9.85. The van der Waals surface area contributed by atoms with Crippen molar-refractivity contribution < 1.29 is 14.6 Å². The molecule has 168 valence electrons. The molecule has 1 aromatic heterocycles. The number of hydrogen-bond donors (Lipinski definition) is 1. The zero-order valence-corrected chi connectivity index (χ0v) is 19.4. The molecule has 4 rings (SSSR count). The van der Waals surface area contributed by atoms with Gasteiger partial charge in [0.25, 0.3) is 0 Å². The maximum atomic E-state index is 11.6. The number of carbonyl (C=O) groups excluding carboxylic acids is 1. The van der Waals surface area contributed by atoms with Gasteiger partial charge in [0, 0.05) is 31.4 Å². The van der Waals surface area contributed by atoms with Gasteiger partial charge in [0.2, 0.25) is 11.8 Å². The second-order valence-electron chi connectivity index (χ2n) is 9.85. The lowest BCUT2D eigenvalue weighted by Crippen LogP contribution is -2.51. The molecule has 0 aliphatic carbocycles. The molecule has 0 saturated carbocycles. The van der Waals surface area contributed by atoms with Gasteiger partial charge in [0.15, 0.2) is 0 Å². The lowest BCUT2D eigenvalue weighted by molar-refractivity contribution is -0.134. The summed E-state index contributed by atoms with van der Waals surface area (Å²) in [5.41, 5.74) is 3.65. The van der Waals surface area contributed by atoms with Gasteiger partial charge in [-0.3, -0.25) is 9.79 Å². The number of rotatable bonds is 4. The van der Waals surface area contributed by atoms with Gasteiger partial charge in [-0.25, -0.2) is 0 Å². The number of hydrogen-bond acceptors (Lipinski definition) is 4. The molecule has 1 aromatic carbocycles. The Bertz CT molecular complexity index is 1010. The molecule has 1 fully saturated rings. The van der Waals surface area contributed by atoms with Crippen LogP contribution in [0.3, 0.4) is 0 Å². The number of likely N-dealkylation sites (tertiary alicyclic amines) is 1. The molecule has 2 aliphatic rings. The standard InChI is InChI=1S/C25H35N3O3/c1-16(2)12-19-6-7-22-20(13-19)23(24(30)28(22)17(3)4)21-14-31-25(15-26-21)8-10-27(11-9-25)18(5)29/h6-7,13,16-17,30H,8-12,14-15H2,1-5H3. The molecule has 0 radical (unpaired) electrons. The minimum atomic E-state index is -0.287. The fourth-order valence-electron chi connectivity index (χ4n) is 4.99. The van der Waals surface area contributed by atoms with Crippen LogP contribution in [0.1, 0.15) is 64.6 Å². The summed E-state index contributed by atoms with van der Waals surface area (Å²) < 4.78 is 8.37. The molecule has 31 heavy (non-hydrogen) atoms. The lowest BCUT2D eigenvalue weighted by atomic mass is 9.89. The number of benzene rings is 1. The summed E-state index contributed by atoms with van der Waals surface area (Å²) in [6.07, 6.45) is 2.62. The third-order valence-corrected chi connectivity index (χ3v) is 6.68. The molecule has 1 N–H and O–H groups in total. The highest BCUT2D eigenvalue weighted by molar-refractivity contribution is 6.14. The average molecular weight is 426 g/mol. The average Bonchev–Trinajstić information content (AvgIpc) is 3.00. The number of nitrogens with zero attached hydrogens (tertiary/aromatic N) is 3. The molecule has 0 bridgehead atoms. The zero-order chi connectivity index (χ0) is 22.3. The van der Waals surface area contributed by atoms with Gasteiger partial charge in [-0.05, 0) is 56.7 Å². The van der Waals surface area contributed by atoms with Crippen LogP contribution in [-0.4, -0.2) is 58.0 Å². The van der Waals surface area contributed by atoms with Crippen LogP contribution in [0, 0.1) is 5.92 Å². The number of aromatic hydroxyl groups is 1. The van der Waals surface area contributed by atoms with Crippen molar-refractivity contribution >= 4 is 22.5 Å². The van der Waals surface area contributed by atoms with Crippen molar-refractivity contribution in [2.45, 2.75) is 65.5 Å². The number of fused-ring (bicyclic) bond motifs is 1. The summed E-state index contributed by atoms with van der Waals surface area (Å²) in [7, 11) is 0. The lowest BCUT2D eigenvalue weighted by Gasteiger charge is -2.42. The molecular weight excluding hydrogens is 390 g/mol. The van der Waals surface area contributed by atoms with Crippen LogP contribution in [0.4, 0.5) is 0 Å². The van der Waals surface area contributed by atoms with Crippen molar-refractivity contribution in [1.82, 2.24) is 9.47 Å². The van der Waals surface area contributed by atoms with E-state index in [4.69, 9.17) is 9.73 Å². The third kappa shape index (κ3) is 4.10. The quantitative estimate of drug-likeness (QED) is 0.793. The summed E-state index contributed by atoms with van der Waals surface area (Å²) >= 11 is 0. The van der Waals surface area contributed by atoms with Gasteiger partial charge in [-0.2, -0.15) is 0 Å². The summed E-state index contributed by atoms with van der Waals surface area (Å²) in [5.74, 6) is 0.965. The first kappa shape index (κ1) is 21.9. The number of piperidine rings is 1. The molecule has 6 heteroatoms. The number of aromatic nitrogens is 1. The first-order chi connectivity index (χ1) is 14.7. The van der Waals surface area contributed by atoms with Gasteiger partial charge in [-0.15, -0.1) is 0 Å². The Morgan fingerprint density at radius 2 is 1.94 bits per heavy atom. The van der Waals surface area contributed by atoms with Crippen molar-refractivity contribution in [3.05, 3.63) is 29.3 Å². The number of ether oxygens (including phenoxy) is 1. The Kier molecular flexibility index (Phi) is 5.86. The molecule has 0 unspecified atom stereocenters. The summed E-state index contributed by atoms with van der Waals surface area (Å²) in [4.78, 5) is 18.5. The fourth-order valence-corrected chi connectivity index (χ4v) is 4.99. The minimum Gasteiger partial charge on any atom is -0.494 e. The van der Waals surface area contributed by atoms with Gasteiger partial charge in [0.05, 0.1) is 35.5 Å². The van der Waals surface area contributed by atoms with E-state index >= 15 is 0 Å². The molecule has 1 saturated heterocycles. The molecular formula is C25H35N3O3. The Morgan fingerprint density at radius 3 is 2.48 bits per heavy atom. The Balaban J connectivity index is 1.68. The van der Waals surface area contributed by atoms with Crippen LogP contribution in [0.25, 0.3) is 10.9 Å². The topological polar surface area (TPSA) is 67.1 Å². The van der Waals surface area contributed by atoms with Crippen molar-refractivity contribution in [3.63, 3.8) is 0 Å². The first-order valence-electron chi connectivity index (χ1n) is 11.5. The summed E-state index contributed by atoms with van der Waals surface area (Å²) in [5, 5.41) is 12.2. The minimum absolute atomic E-state index is 0.124. The summed E-state index contributed by atoms with van der Waals surface area (Å²) in [6.45, 7) is 12.6. The van der Waals surface area contributed by atoms with E-state index in [2.05, 4.69) is 45.9 Å². The third-order valence-electron chi connectivity index (χ3n) is 6.68. The van der Waals surface area contributed by atoms with Crippen molar-refractivity contribution in [1.29, 1.82) is 0 Å². The SMILES string of the molecule is CC(=O)N1CCC2(CC1)CN=C(c1c(O)n(C(C)C)c3ccc(CC(C)C)cc13)CO2. The number of aliphatic imine (C=N–C) groups is 1. The predicted octanol–water partition coefficient (Wildman–Crippen LogP) is 4.33. The largest absolute Gasteiger partial charge is 0.494 e. The van der Waals surface area contributed by atoms with E-state index in [0.29, 0.717) is 19.1 Å². The van der Waals surface area contributed by atoms with Gasteiger partial charge in [0.1, 0.15) is 0 Å². The molecule has 2 aliphatic heterocycles. The predicted molar refractivity (Wildman–Crippen MR) is 124 cm³/mol. The maximum Gasteiger partial charge on any atom is 0.219 e. The van der Waals surface area contributed by atoms with Crippen LogP contribution in [0.2, 0.25) is 0 Å². The Hall–Kier alpha value is -2.34. The van der Waals surface area contributed by atoms with Crippen LogP contribution in [0.15, 0.2) is 23.2 Å². The highest BCUT2D eigenvalue weighted by Crippen LogP contribution is 2.38. The van der Waals surface area contributed by atoms with E-state index in [1.165, 1.54) is 5.56 Å². The highest BCUT2D eigenvalue weighted by atomic mass is 16.5. The molecule has 6 nitrogen and oxygen atoms in total. The maximum absolute atomic E-state index is 11.6. The summed E-state index contributed by atoms with van der Waals surface area (Å²) in [6, 6.07) is 6.64. The Morgan fingerprint density at radius 1 is 1.23 bits per heavy atom. The number of carbonyl (C=O) groups is 1. The molecule has 1 spiro atoms. The van der Waals surface area contributed by atoms with Gasteiger partial charge < -0.3 is 19.3 Å². The Labute approximate surface area is 184 Å². The van der Waals surface area contributed by atoms with Crippen LogP contribution >= 0.6 is 0 Å². The molecule has 1 amide bonds. The fraction of sp³-hybridized carbons (Fsp3) is 0.600. The second kappa shape index (κ2) is 8.30. The van der Waals surface area contributed by atoms with Crippen molar-refractivity contribution in [2.24, 2.45) is 10.9 Å². The smallest absolute Gasteiger partial charge is 0.219 e. The van der Waals surface area contributed by atoms with E-state index in [9.17, 15) is 9.90 Å². The normalized spacial score (nSPS) is 18.9. The molecule has 2 aromatic rings. The van der Waals surface area contributed by atoms with E-state index in [1.54, 1.807) is 6.92 Å². The van der Waals surface area contributed by atoms with Crippen molar-refractivity contribution in [3.8, 4) is 5.88 Å².